The number of fused-ring (bicyclic) bond motifs is 8. The molecule has 0 amide bonds. The molecule has 2 aromatic heterocycles. The van der Waals surface area contributed by atoms with Crippen LogP contribution in [-0.2, 0) is 21.7 Å². The molecule has 5 nitrogen and oxygen atoms in total. The molecule has 12 rings (SSSR count). The van der Waals surface area contributed by atoms with E-state index in [1.165, 1.54) is 0 Å². The molecule has 364 valence electrons. The van der Waals surface area contributed by atoms with Crippen molar-refractivity contribution in [2.24, 2.45) is 0 Å². The highest BCUT2D eigenvalue weighted by atomic mass is 32.2. The van der Waals surface area contributed by atoms with Crippen LogP contribution in [0, 0.1) is 46.5 Å². The van der Waals surface area contributed by atoms with Crippen molar-refractivity contribution in [3.8, 4) is 0 Å². The lowest BCUT2D eigenvalue weighted by atomic mass is 10.1. The minimum atomic E-state index is -6.00. The van der Waals surface area contributed by atoms with E-state index in [1.807, 2.05) is 36.4 Å². The molecule has 0 aliphatic carbocycles. The highest BCUT2D eigenvalue weighted by Crippen LogP contribution is 2.50. The topological polar surface area (TPSA) is 77.5 Å². The molecular weight excluding hydrogens is 1050 g/mol. The van der Waals surface area contributed by atoms with Crippen LogP contribution in [-0.4, -0.2) is 11.5 Å². The van der Waals surface area contributed by atoms with Crippen molar-refractivity contribution in [1.29, 1.82) is 0 Å². The van der Waals surface area contributed by atoms with Gasteiger partial charge < -0.3 is 26.1 Å². The number of hydrogen-bond acceptors (Lipinski definition) is 7. The molecule has 0 N–H and O–H groups in total. The fraction of sp³-hybridized carbons (Fsp3) is 0. The van der Waals surface area contributed by atoms with Gasteiger partial charge in [0.05, 0.1) is 51.9 Å². The van der Waals surface area contributed by atoms with Gasteiger partial charge in [-0.05, 0) is 84.9 Å². The summed E-state index contributed by atoms with van der Waals surface area (Å²) in [7, 11) is -8.97. The first-order valence-electron chi connectivity index (χ1n) is 20.5. The van der Waals surface area contributed by atoms with E-state index < -0.39 is 75.5 Å². The Hall–Kier alpha value is -6.88. The molecule has 72 heavy (non-hydrogen) atoms. The van der Waals surface area contributed by atoms with Crippen LogP contribution in [0.1, 0.15) is 0 Å². The first-order valence-corrected chi connectivity index (χ1v) is 24.5. The molecule has 2 aliphatic heterocycles. The predicted molar refractivity (Wildman–Crippen MR) is 251 cm³/mol. The third kappa shape index (κ3) is 10.1. The quantitative estimate of drug-likeness (QED) is 0.0701. The van der Waals surface area contributed by atoms with Gasteiger partial charge >= 0.3 is 7.25 Å². The molecule has 0 bridgehead atoms. The van der Waals surface area contributed by atoms with Crippen molar-refractivity contribution in [3.05, 3.63) is 207 Å². The van der Waals surface area contributed by atoms with Crippen molar-refractivity contribution in [1.82, 2.24) is 0 Å². The van der Waals surface area contributed by atoms with E-state index in [2.05, 4.69) is 0 Å². The number of halogens is 12. The normalized spacial score (nSPS) is 12.9. The van der Waals surface area contributed by atoms with E-state index in [4.69, 9.17) is 8.83 Å². The summed E-state index contributed by atoms with van der Waals surface area (Å²) in [5.41, 5.74) is 1.90. The van der Waals surface area contributed by atoms with Gasteiger partial charge in [0, 0.05) is 28.0 Å². The molecule has 22 heteroatoms. The first-order chi connectivity index (χ1) is 34.2. The lowest BCUT2D eigenvalue weighted by Gasteiger charge is -2.19. The zero-order chi connectivity index (χ0) is 51.3. The molecule has 4 heterocycles. The highest BCUT2D eigenvalue weighted by Gasteiger charge is 2.41. The zero-order valence-corrected chi connectivity index (χ0v) is 38.8. The summed E-state index contributed by atoms with van der Waals surface area (Å²) in [6.07, 6.45) is 0. The molecule has 0 radical (unpaired) electrons. The van der Waals surface area contributed by atoms with Gasteiger partial charge in [-0.25, -0.2) is 39.3 Å². The van der Waals surface area contributed by atoms with Gasteiger partial charge in [-0.1, -0.05) is 59.9 Å². The number of rotatable bonds is 1. The van der Waals surface area contributed by atoms with E-state index in [-0.39, 0.29) is 30.4 Å². The van der Waals surface area contributed by atoms with Crippen LogP contribution in [0.4, 0.5) is 52.4 Å². The van der Waals surface area contributed by atoms with Gasteiger partial charge in [0.15, 0.2) is 61.2 Å². The predicted octanol–water partition coefficient (Wildman–Crippen LogP) is 15.2. The molecule has 0 saturated heterocycles. The van der Waals surface area contributed by atoms with Crippen molar-refractivity contribution in [2.75, 3.05) is 0 Å². The van der Waals surface area contributed by atoms with Crippen molar-refractivity contribution in [3.63, 3.8) is 0 Å². The smallest absolute Gasteiger partial charge is 0.456 e. The zero-order valence-electron chi connectivity index (χ0n) is 35.6. The van der Waals surface area contributed by atoms with Crippen LogP contribution >= 0.6 is 23.5 Å². The van der Waals surface area contributed by atoms with Crippen LogP contribution in [0.5, 0.6) is 0 Å². The Morgan fingerprint density at radius 1 is 0.403 bits per heavy atom. The summed E-state index contributed by atoms with van der Waals surface area (Å²) in [6, 6.07) is 34.1. The summed E-state index contributed by atoms with van der Waals surface area (Å²) in [6.45, 7) is 0. The minimum Gasteiger partial charge on any atom is -0.456 e. The molecule has 0 saturated carbocycles. The fourth-order valence-electron chi connectivity index (χ4n) is 7.36. The molecular formula is C50H23BF12O5S4. The molecule has 10 aromatic rings. The van der Waals surface area contributed by atoms with E-state index >= 15 is 0 Å². The van der Waals surface area contributed by atoms with Gasteiger partial charge in [0.1, 0.15) is 33.2 Å². The summed E-state index contributed by atoms with van der Waals surface area (Å²) >= 11 is 1.97. The van der Waals surface area contributed by atoms with Crippen molar-refractivity contribution in [2.45, 2.75) is 44.1 Å². The Morgan fingerprint density at radius 3 is 1.14 bits per heavy atom. The maximum Gasteiger partial charge on any atom is 0.673 e. The van der Waals surface area contributed by atoms with Gasteiger partial charge in [-0.3, -0.25) is 9.59 Å². The van der Waals surface area contributed by atoms with Crippen LogP contribution in [0.3, 0.4) is 0 Å². The Bertz CT molecular complexity index is 3800. The monoisotopic (exact) mass is 1070 g/mol. The molecule has 8 aromatic carbocycles. The summed E-state index contributed by atoms with van der Waals surface area (Å²) in [5.74, 6) is -8.53. The summed E-state index contributed by atoms with van der Waals surface area (Å²) in [4.78, 5) is 28.0. The fourth-order valence-corrected chi connectivity index (χ4v) is 13.9. The van der Waals surface area contributed by atoms with Crippen molar-refractivity contribution < 1.29 is 65.4 Å². The molecule has 0 unspecified atom stereocenters. The maximum atomic E-state index is 14.2. The molecule has 0 spiro atoms. The SMILES string of the molecule is F[B-](F)(F)F.O=S1c2cc(F)c(F)cc2Sc2cc(F)c(F)cc21.O=c1c2ccccc2oc2ccc([S+]3c4cc(F)c(F)cc4Sc4cc(F)c(F)cc43)cc12.O=c1c2ccccc2oc2ccccc12. The van der Waals surface area contributed by atoms with Gasteiger partial charge in [-0.15, -0.1) is 0 Å². The molecule has 0 atom stereocenters. The highest BCUT2D eigenvalue weighted by molar-refractivity contribution is 8.04. The van der Waals surface area contributed by atoms with Crippen LogP contribution < -0.4 is 10.9 Å². The second-order valence-electron chi connectivity index (χ2n) is 15.1. The number of hydrogen-bond donors (Lipinski definition) is 0. The molecule has 2 aliphatic rings. The minimum absolute atomic E-state index is 0.0347. The third-order valence-corrected chi connectivity index (χ3v) is 17.0. The van der Waals surface area contributed by atoms with Crippen LogP contribution in [0.2, 0.25) is 0 Å². The average molecular weight is 1070 g/mol. The number of para-hydroxylation sites is 3. The van der Waals surface area contributed by atoms with Gasteiger partial charge in [0.2, 0.25) is 10.9 Å². The van der Waals surface area contributed by atoms with Gasteiger partial charge in [0.25, 0.3) is 0 Å². The van der Waals surface area contributed by atoms with E-state index in [0.717, 1.165) is 72.1 Å². The Kier molecular flexibility index (Phi) is 13.9. The van der Waals surface area contributed by atoms with Gasteiger partial charge in [-0.2, -0.15) is 0 Å². The Labute approximate surface area is 410 Å². The lowest BCUT2D eigenvalue weighted by molar-refractivity contribution is 0.368. The standard InChI is InChI=1S/C25H11F4O2S2.C13H8O2.C12H4F4OS2.BF4/c26-15-8-21-23(10-17(15)28)33(24-11-18(29)16(27)9-22(24)32-21)12-5-6-20-14(7-12)25(30)13-3-1-2-4-19(13)31-20;14-13-9-5-1-3-7-11(9)15-12-8-4-2-6-10(12)13;13-5-1-9-11(3-7(5)15)19(17)12-4-8(16)6(14)2-10(12)18-9;2-1(3,4)5/h1-11H;1-8H;1-4H;/q+1;;;-1. The summed E-state index contributed by atoms with van der Waals surface area (Å²) < 4.78 is 172. The van der Waals surface area contributed by atoms with Crippen molar-refractivity contribution >= 4 is 96.3 Å². The molecule has 0 fully saturated rings. The maximum absolute atomic E-state index is 14.2. The van der Waals surface area contributed by atoms with E-state index in [1.54, 1.807) is 54.6 Å². The third-order valence-electron chi connectivity index (χ3n) is 10.5. The second-order valence-corrected chi connectivity index (χ2v) is 20.7. The average Bonchev–Trinajstić information content (AvgIpc) is 3.34. The Balaban J connectivity index is 0.000000138. The Morgan fingerprint density at radius 2 is 0.722 bits per heavy atom. The summed E-state index contributed by atoms with van der Waals surface area (Å²) in [5, 5.41) is 1.99. The van der Waals surface area contributed by atoms with Crippen LogP contribution in [0.15, 0.2) is 202 Å². The van der Waals surface area contributed by atoms with Crippen LogP contribution in [0.25, 0.3) is 43.9 Å². The first kappa shape index (κ1) is 50.1. The lowest BCUT2D eigenvalue weighted by Crippen LogP contribution is -2.14. The largest absolute Gasteiger partial charge is 0.673 e. The van der Waals surface area contributed by atoms with E-state index in [0.29, 0.717) is 68.4 Å². The number of benzene rings is 8. The van der Waals surface area contributed by atoms with E-state index in [9.17, 15) is 66.2 Å². The second kappa shape index (κ2) is 20.0.